The predicted molar refractivity (Wildman–Crippen MR) is 93.4 cm³/mol. The number of nitrogens with zero attached hydrogens (tertiary/aromatic N) is 1. The van der Waals surface area contributed by atoms with Gasteiger partial charge in [-0.3, -0.25) is 9.69 Å². The Morgan fingerprint density at radius 1 is 1.23 bits per heavy atom. The number of ether oxygens (including phenoxy) is 2. The fraction of sp³-hybridized carbons (Fsp3) is 0.529. The van der Waals surface area contributed by atoms with Gasteiger partial charge in [-0.1, -0.05) is 6.07 Å². The normalized spacial score (nSPS) is 28.2. The molecule has 0 unspecified atom stereocenters. The highest BCUT2D eigenvalue weighted by Crippen LogP contribution is 2.40. The van der Waals surface area contributed by atoms with Crippen molar-refractivity contribution in [2.75, 3.05) is 11.5 Å². The van der Waals surface area contributed by atoms with Crippen LogP contribution in [-0.4, -0.2) is 49.1 Å². The van der Waals surface area contributed by atoms with Crippen LogP contribution in [0.3, 0.4) is 0 Å². The van der Waals surface area contributed by atoms with Crippen LogP contribution in [0, 0.1) is 0 Å². The first kappa shape index (κ1) is 17.2. The van der Waals surface area contributed by atoms with Crippen molar-refractivity contribution in [1.29, 1.82) is 0 Å². The molecule has 2 fully saturated rings. The fourth-order valence-electron chi connectivity index (χ4n) is 3.35. The van der Waals surface area contributed by atoms with Crippen LogP contribution in [0.1, 0.15) is 27.7 Å². The molecule has 0 aromatic heterocycles. The number of primary amides is 1. The Morgan fingerprint density at radius 3 is 2.50 bits per heavy atom. The Labute approximate surface area is 151 Å². The summed E-state index contributed by atoms with van der Waals surface area (Å²) in [6.07, 6.45) is -1.62. The highest BCUT2D eigenvalue weighted by molar-refractivity contribution is 6.62. The molecule has 4 rings (SSSR count). The van der Waals surface area contributed by atoms with E-state index < -0.39 is 42.5 Å². The molecular weight excluding hydrogens is 339 g/mol. The highest BCUT2D eigenvalue weighted by Gasteiger charge is 2.53. The molecule has 26 heavy (non-hydrogen) atoms. The molecule has 9 heteroatoms. The van der Waals surface area contributed by atoms with Gasteiger partial charge in [-0.05, 0) is 45.3 Å². The molecule has 0 spiro atoms. The van der Waals surface area contributed by atoms with E-state index >= 15 is 0 Å². The van der Waals surface area contributed by atoms with Crippen molar-refractivity contribution in [3.63, 3.8) is 0 Å². The summed E-state index contributed by atoms with van der Waals surface area (Å²) in [5.74, 6) is -0.178. The van der Waals surface area contributed by atoms with Gasteiger partial charge in [-0.15, -0.1) is 0 Å². The van der Waals surface area contributed by atoms with Crippen molar-refractivity contribution < 1.29 is 28.4 Å². The minimum absolute atomic E-state index is 0.124. The molecule has 3 aliphatic heterocycles. The van der Waals surface area contributed by atoms with Crippen LogP contribution in [0.2, 0.25) is 0 Å². The van der Waals surface area contributed by atoms with E-state index in [2.05, 4.69) is 0 Å². The summed E-state index contributed by atoms with van der Waals surface area (Å²) in [5, 5.41) is 0. The number of rotatable bonds is 2. The average molecular weight is 360 g/mol. The molecule has 2 amide bonds. The topological polar surface area (TPSA) is 100 Å². The molecule has 0 aliphatic carbocycles. The van der Waals surface area contributed by atoms with Crippen molar-refractivity contribution >= 4 is 30.3 Å². The van der Waals surface area contributed by atoms with E-state index in [4.69, 9.17) is 24.5 Å². The van der Waals surface area contributed by atoms with Crippen molar-refractivity contribution in [3.05, 3.63) is 18.2 Å². The van der Waals surface area contributed by atoms with Gasteiger partial charge in [0.05, 0.1) is 16.9 Å². The van der Waals surface area contributed by atoms with Gasteiger partial charge in [0.15, 0.2) is 0 Å². The number of fused-ring (bicyclic) bond motifs is 3. The van der Waals surface area contributed by atoms with Gasteiger partial charge < -0.3 is 24.5 Å². The second kappa shape index (κ2) is 5.37. The second-order valence-electron chi connectivity index (χ2n) is 7.77. The molecule has 2 atom stereocenters. The predicted octanol–water partition coefficient (Wildman–Crippen LogP) is 0.557. The molecule has 0 saturated carbocycles. The standard InChI is InChI=1S/C17H21BN2O6/c1-16(2)17(3,4)26-18(25-16)9-5-6-10-12(7-9)23-8-11-13(14(19)21)24-15(22)20(10)11/h5-7,11,13H,8H2,1-4H3,(H2,19,21)/t11-,13+/m0/s1. The molecule has 0 bridgehead atoms. The van der Waals surface area contributed by atoms with E-state index in [1.807, 2.05) is 33.8 Å². The molecule has 2 saturated heterocycles. The molecular formula is C17H21BN2O6. The maximum Gasteiger partial charge on any atom is 0.494 e. The van der Waals surface area contributed by atoms with Gasteiger partial charge in [0.2, 0.25) is 6.10 Å². The minimum atomic E-state index is -1.02. The van der Waals surface area contributed by atoms with Crippen molar-refractivity contribution in [3.8, 4) is 5.75 Å². The first-order valence-corrected chi connectivity index (χ1v) is 8.52. The molecule has 1 aromatic rings. The molecule has 0 radical (unpaired) electrons. The van der Waals surface area contributed by atoms with Gasteiger partial charge in [-0.2, -0.15) is 0 Å². The van der Waals surface area contributed by atoms with Crippen LogP contribution >= 0.6 is 0 Å². The third-order valence-electron chi connectivity index (χ3n) is 5.56. The number of benzene rings is 1. The maximum absolute atomic E-state index is 12.2. The summed E-state index contributed by atoms with van der Waals surface area (Å²) in [7, 11) is -0.532. The summed E-state index contributed by atoms with van der Waals surface area (Å²) in [5.41, 5.74) is 5.74. The number of carbonyl (C=O) groups is 2. The molecule has 2 N–H and O–H groups in total. The minimum Gasteiger partial charge on any atom is -0.489 e. The van der Waals surface area contributed by atoms with Gasteiger partial charge in [-0.25, -0.2) is 4.79 Å². The summed E-state index contributed by atoms with van der Waals surface area (Å²) < 4.78 is 23.0. The first-order valence-electron chi connectivity index (χ1n) is 8.52. The molecule has 3 heterocycles. The number of carbonyl (C=O) groups excluding carboxylic acids is 2. The monoisotopic (exact) mass is 360 g/mol. The summed E-state index contributed by atoms with van der Waals surface area (Å²) in [4.78, 5) is 25.1. The number of cyclic esters (lactones) is 1. The SMILES string of the molecule is CC1(C)OB(c2ccc3c(c2)OC[C@H]2[C@H](C(N)=O)OC(=O)N32)OC1(C)C. The summed E-state index contributed by atoms with van der Waals surface area (Å²) in [6, 6.07) is 4.79. The zero-order valence-electron chi connectivity index (χ0n) is 15.1. The summed E-state index contributed by atoms with van der Waals surface area (Å²) >= 11 is 0. The Kier molecular flexibility index (Phi) is 3.55. The quantitative estimate of drug-likeness (QED) is 0.774. The lowest BCUT2D eigenvalue weighted by Crippen LogP contribution is -2.48. The van der Waals surface area contributed by atoms with E-state index in [-0.39, 0.29) is 6.61 Å². The van der Waals surface area contributed by atoms with Crippen LogP contribution in [0.15, 0.2) is 18.2 Å². The number of hydrogen-bond acceptors (Lipinski definition) is 6. The number of amides is 2. The van der Waals surface area contributed by atoms with Gasteiger partial charge >= 0.3 is 13.2 Å². The smallest absolute Gasteiger partial charge is 0.489 e. The fourth-order valence-corrected chi connectivity index (χ4v) is 3.35. The molecule has 8 nitrogen and oxygen atoms in total. The third kappa shape index (κ3) is 2.38. The zero-order chi connectivity index (χ0) is 18.9. The van der Waals surface area contributed by atoms with Gasteiger partial charge in [0, 0.05) is 0 Å². The van der Waals surface area contributed by atoms with E-state index in [0.717, 1.165) is 5.46 Å². The lowest BCUT2D eigenvalue weighted by Gasteiger charge is -2.32. The lowest BCUT2D eigenvalue weighted by molar-refractivity contribution is -0.125. The Morgan fingerprint density at radius 2 is 1.88 bits per heavy atom. The number of nitrogens with two attached hydrogens (primary N) is 1. The Bertz CT molecular complexity index is 779. The van der Waals surface area contributed by atoms with Gasteiger partial charge in [0.25, 0.3) is 5.91 Å². The molecule has 138 valence electrons. The molecule has 3 aliphatic rings. The zero-order valence-corrected chi connectivity index (χ0v) is 15.1. The second-order valence-corrected chi connectivity index (χ2v) is 7.77. The van der Waals surface area contributed by atoms with Crippen LogP contribution in [-0.2, 0) is 18.8 Å². The van der Waals surface area contributed by atoms with Crippen LogP contribution < -0.4 is 20.8 Å². The lowest BCUT2D eigenvalue weighted by atomic mass is 9.78. The van der Waals surface area contributed by atoms with Crippen molar-refractivity contribution in [2.45, 2.75) is 51.0 Å². The number of hydrogen-bond donors (Lipinski definition) is 1. The van der Waals surface area contributed by atoms with Crippen LogP contribution in [0.5, 0.6) is 5.75 Å². The van der Waals surface area contributed by atoms with Gasteiger partial charge in [0.1, 0.15) is 18.4 Å². The third-order valence-corrected chi connectivity index (χ3v) is 5.56. The average Bonchev–Trinajstić information content (AvgIpc) is 3.01. The van der Waals surface area contributed by atoms with E-state index in [9.17, 15) is 9.59 Å². The largest absolute Gasteiger partial charge is 0.494 e. The van der Waals surface area contributed by atoms with E-state index in [1.54, 1.807) is 12.1 Å². The molecule has 1 aromatic carbocycles. The number of anilines is 1. The van der Waals surface area contributed by atoms with Crippen LogP contribution in [0.25, 0.3) is 0 Å². The van der Waals surface area contributed by atoms with E-state index in [1.165, 1.54) is 4.90 Å². The first-order chi connectivity index (χ1) is 12.1. The van der Waals surface area contributed by atoms with Crippen molar-refractivity contribution in [1.82, 2.24) is 0 Å². The Hall–Kier alpha value is -2.26. The highest BCUT2D eigenvalue weighted by atomic mass is 16.7. The summed E-state index contributed by atoms with van der Waals surface area (Å²) in [6.45, 7) is 8.06. The van der Waals surface area contributed by atoms with Crippen LogP contribution in [0.4, 0.5) is 10.5 Å². The Balaban J connectivity index is 1.64. The maximum atomic E-state index is 12.2. The van der Waals surface area contributed by atoms with E-state index in [0.29, 0.717) is 11.4 Å². The van der Waals surface area contributed by atoms with Crippen molar-refractivity contribution in [2.24, 2.45) is 5.73 Å².